The van der Waals surface area contributed by atoms with Crippen molar-refractivity contribution in [1.82, 2.24) is 0 Å². The highest BCUT2D eigenvalue weighted by Crippen LogP contribution is 2.31. The summed E-state index contributed by atoms with van der Waals surface area (Å²) in [6.45, 7) is 1.28. The van der Waals surface area contributed by atoms with Gasteiger partial charge in [0.25, 0.3) is 0 Å². The van der Waals surface area contributed by atoms with Crippen LogP contribution in [0.2, 0.25) is 0 Å². The highest BCUT2D eigenvalue weighted by atomic mass is 16.7. The number of furan rings is 1. The second-order valence-electron chi connectivity index (χ2n) is 3.26. The van der Waals surface area contributed by atoms with Crippen molar-refractivity contribution in [3.8, 4) is 0 Å². The maximum absolute atomic E-state index is 5.45. The van der Waals surface area contributed by atoms with Gasteiger partial charge in [0, 0.05) is 10.8 Å². The van der Waals surface area contributed by atoms with E-state index in [1.54, 1.807) is 6.26 Å². The molecule has 3 rings (SSSR count). The van der Waals surface area contributed by atoms with Gasteiger partial charge in [-0.3, -0.25) is 0 Å². The third-order valence-electron chi connectivity index (χ3n) is 2.37. The Balaban J connectivity index is 2.11. The monoisotopic (exact) mass is 190 g/mol. The molecule has 0 bridgehead atoms. The maximum Gasteiger partial charge on any atom is 0.218 e. The summed E-state index contributed by atoms with van der Waals surface area (Å²) in [5.74, 6) is 0.776. The maximum atomic E-state index is 5.45. The molecule has 14 heavy (non-hydrogen) atoms. The predicted octanol–water partition coefficient (Wildman–Crippen LogP) is 2.48. The molecule has 1 aliphatic rings. The Hall–Kier alpha value is -1.32. The minimum absolute atomic E-state index is 0.324. The lowest BCUT2D eigenvalue weighted by Crippen LogP contribution is -1.95. The van der Waals surface area contributed by atoms with Gasteiger partial charge in [-0.05, 0) is 0 Å². The fraction of sp³-hybridized carbons (Fsp3) is 0.273. The zero-order chi connectivity index (χ0) is 9.38. The minimum atomic E-state index is -0.324. The average Bonchev–Trinajstić information content (AvgIpc) is 2.85. The Morgan fingerprint density at radius 3 is 2.71 bits per heavy atom. The lowest BCUT2D eigenvalue weighted by molar-refractivity contribution is -0.0575. The van der Waals surface area contributed by atoms with Gasteiger partial charge in [-0.25, -0.2) is 0 Å². The summed E-state index contributed by atoms with van der Waals surface area (Å²) in [7, 11) is 0. The molecule has 2 aromatic rings. The van der Waals surface area contributed by atoms with Crippen LogP contribution < -0.4 is 0 Å². The van der Waals surface area contributed by atoms with Crippen LogP contribution in [0.25, 0.3) is 10.8 Å². The molecule has 3 nitrogen and oxygen atoms in total. The molecular weight excluding hydrogens is 180 g/mol. The van der Waals surface area contributed by atoms with E-state index in [0.717, 1.165) is 16.5 Å². The van der Waals surface area contributed by atoms with Gasteiger partial charge < -0.3 is 13.9 Å². The third kappa shape index (κ3) is 1.14. The highest BCUT2D eigenvalue weighted by Gasteiger charge is 2.23. The fourth-order valence-corrected chi connectivity index (χ4v) is 1.71. The molecule has 3 heteroatoms. The Morgan fingerprint density at radius 1 is 1.07 bits per heavy atom. The first-order valence-electron chi connectivity index (χ1n) is 4.64. The van der Waals surface area contributed by atoms with Crippen LogP contribution >= 0.6 is 0 Å². The summed E-state index contributed by atoms with van der Waals surface area (Å²) in [6, 6.07) is 7.99. The Bertz CT molecular complexity index is 440. The molecule has 72 valence electrons. The van der Waals surface area contributed by atoms with E-state index in [9.17, 15) is 0 Å². The van der Waals surface area contributed by atoms with Gasteiger partial charge in [0.15, 0.2) is 5.76 Å². The highest BCUT2D eigenvalue weighted by molar-refractivity contribution is 5.84. The number of benzene rings is 1. The van der Waals surface area contributed by atoms with Gasteiger partial charge >= 0.3 is 0 Å². The summed E-state index contributed by atoms with van der Waals surface area (Å²) >= 11 is 0. The van der Waals surface area contributed by atoms with Gasteiger partial charge in [0.1, 0.15) is 0 Å². The molecule has 1 aromatic heterocycles. The first-order valence-corrected chi connectivity index (χ1v) is 4.64. The van der Waals surface area contributed by atoms with E-state index in [2.05, 4.69) is 0 Å². The molecule has 2 heterocycles. The lowest BCUT2D eigenvalue weighted by atomic mass is 10.2. The molecule has 0 aliphatic carbocycles. The molecular formula is C11H10O3. The summed E-state index contributed by atoms with van der Waals surface area (Å²) in [5.41, 5.74) is 0. The first kappa shape index (κ1) is 8.03. The summed E-state index contributed by atoms with van der Waals surface area (Å²) < 4.78 is 16.2. The van der Waals surface area contributed by atoms with Crippen LogP contribution in [0.3, 0.4) is 0 Å². The van der Waals surface area contributed by atoms with Gasteiger partial charge in [0.2, 0.25) is 6.29 Å². The van der Waals surface area contributed by atoms with Crippen molar-refractivity contribution in [3.63, 3.8) is 0 Å². The minimum Gasteiger partial charge on any atom is -0.463 e. The Kier molecular flexibility index (Phi) is 1.79. The molecule has 0 atom stereocenters. The fourth-order valence-electron chi connectivity index (χ4n) is 1.71. The van der Waals surface area contributed by atoms with Crippen molar-refractivity contribution in [2.75, 3.05) is 13.2 Å². The van der Waals surface area contributed by atoms with Crippen LogP contribution in [-0.4, -0.2) is 13.2 Å². The Labute approximate surface area is 81.2 Å². The van der Waals surface area contributed by atoms with E-state index < -0.39 is 0 Å². The van der Waals surface area contributed by atoms with E-state index in [0.29, 0.717) is 13.2 Å². The second kappa shape index (κ2) is 3.12. The predicted molar refractivity (Wildman–Crippen MR) is 50.9 cm³/mol. The number of ether oxygens (including phenoxy) is 2. The van der Waals surface area contributed by atoms with E-state index in [-0.39, 0.29) is 6.29 Å². The van der Waals surface area contributed by atoms with E-state index in [4.69, 9.17) is 13.9 Å². The van der Waals surface area contributed by atoms with Crippen LogP contribution in [0.1, 0.15) is 12.1 Å². The van der Waals surface area contributed by atoms with Crippen LogP contribution in [0, 0.1) is 0 Å². The number of hydrogen-bond donors (Lipinski definition) is 0. The quantitative estimate of drug-likeness (QED) is 0.692. The van der Waals surface area contributed by atoms with Crippen LogP contribution in [-0.2, 0) is 9.47 Å². The molecule has 0 radical (unpaired) electrons. The molecule has 0 unspecified atom stereocenters. The SMILES string of the molecule is c1ccc2c(C3OCCO3)occ2c1. The van der Waals surface area contributed by atoms with Crippen molar-refractivity contribution in [2.24, 2.45) is 0 Å². The average molecular weight is 190 g/mol. The van der Waals surface area contributed by atoms with E-state index in [1.807, 2.05) is 24.3 Å². The lowest BCUT2D eigenvalue weighted by Gasteiger charge is -2.05. The van der Waals surface area contributed by atoms with Crippen molar-refractivity contribution >= 4 is 10.8 Å². The van der Waals surface area contributed by atoms with Crippen LogP contribution in [0.5, 0.6) is 0 Å². The zero-order valence-electron chi connectivity index (χ0n) is 7.60. The molecule has 0 N–H and O–H groups in total. The summed E-state index contributed by atoms with van der Waals surface area (Å²) in [6.07, 6.45) is 1.41. The van der Waals surface area contributed by atoms with E-state index in [1.165, 1.54) is 0 Å². The summed E-state index contributed by atoms with van der Waals surface area (Å²) in [5, 5.41) is 2.15. The first-order chi connectivity index (χ1) is 6.95. The second-order valence-corrected chi connectivity index (χ2v) is 3.26. The van der Waals surface area contributed by atoms with Crippen molar-refractivity contribution in [2.45, 2.75) is 6.29 Å². The topological polar surface area (TPSA) is 31.6 Å². The molecule has 1 saturated heterocycles. The normalized spacial score (nSPS) is 18.0. The molecule has 0 amide bonds. The van der Waals surface area contributed by atoms with Gasteiger partial charge in [-0.15, -0.1) is 0 Å². The third-order valence-corrected chi connectivity index (χ3v) is 2.37. The van der Waals surface area contributed by atoms with E-state index >= 15 is 0 Å². The van der Waals surface area contributed by atoms with Crippen molar-refractivity contribution < 1.29 is 13.9 Å². The Morgan fingerprint density at radius 2 is 1.86 bits per heavy atom. The summed E-state index contributed by atoms with van der Waals surface area (Å²) in [4.78, 5) is 0. The van der Waals surface area contributed by atoms with Crippen molar-refractivity contribution in [1.29, 1.82) is 0 Å². The molecule has 0 saturated carbocycles. The standard InChI is InChI=1S/C11H10O3/c1-2-4-9-8(3-1)7-14-10(9)11-12-5-6-13-11/h1-4,7,11H,5-6H2. The number of rotatable bonds is 1. The van der Waals surface area contributed by atoms with Crippen LogP contribution in [0.4, 0.5) is 0 Å². The van der Waals surface area contributed by atoms with Gasteiger partial charge in [0.05, 0.1) is 19.5 Å². The smallest absolute Gasteiger partial charge is 0.218 e. The molecule has 0 spiro atoms. The van der Waals surface area contributed by atoms with Gasteiger partial charge in [-0.1, -0.05) is 24.3 Å². The largest absolute Gasteiger partial charge is 0.463 e. The molecule has 1 aliphatic heterocycles. The number of hydrogen-bond acceptors (Lipinski definition) is 3. The zero-order valence-corrected chi connectivity index (χ0v) is 7.60. The van der Waals surface area contributed by atoms with Gasteiger partial charge in [-0.2, -0.15) is 0 Å². The molecule has 1 aromatic carbocycles. The molecule has 1 fully saturated rings. The van der Waals surface area contributed by atoms with Crippen molar-refractivity contribution in [3.05, 3.63) is 36.3 Å². The van der Waals surface area contributed by atoms with Crippen LogP contribution in [0.15, 0.2) is 34.9 Å². The number of fused-ring (bicyclic) bond motifs is 1.